The highest BCUT2D eigenvalue weighted by Crippen LogP contribution is 2.46. The fourth-order valence-corrected chi connectivity index (χ4v) is 3.78. The Morgan fingerprint density at radius 1 is 1.31 bits per heavy atom. The van der Waals surface area contributed by atoms with Gasteiger partial charge in [-0.05, 0) is 44.9 Å². The molecule has 92 valence electrons. The first-order chi connectivity index (χ1) is 7.75. The van der Waals surface area contributed by atoms with E-state index in [1.54, 1.807) is 0 Å². The summed E-state index contributed by atoms with van der Waals surface area (Å²) in [6.45, 7) is 5.18. The van der Waals surface area contributed by atoms with Crippen LogP contribution >= 0.6 is 0 Å². The summed E-state index contributed by atoms with van der Waals surface area (Å²) in [7, 11) is 0. The van der Waals surface area contributed by atoms with Gasteiger partial charge in [0.1, 0.15) is 0 Å². The summed E-state index contributed by atoms with van der Waals surface area (Å²) in [6, 6.07) is 0.655. The van der Waals surface area contributed by atoms with Crippen molar-refractivity contribution in [3.05, 3.63) is 0 Å². The van der Waals surface area contributed by atoms with Crippen LogP contribution in [0.5, 0.6) is 0 Å². The maximum absolute atomic E-state index is 6.08. The zero-order valence-corrected chi connectivity index (χ0v) is 10.3. The van der Waals surface area contributed by atoms with Gasteiger partial charge < -0.3 is 10.5 Å². The molecule has 3 unspecified atom stereocenters. The van der Waals surface area contributed by atoms with E-state index in [-0.39, 0.29) is 5.54 Å². The van der Waals surface area contributed by atoms with Crippen LogP contribution in [0.15, 0.2) is 0 Å². The van der Waals surface area contributed by atoms with Gasteiger partial charge >= 0.3 is 0 Å². The Hall–Kier alpha value is -0.120. The molecule has 1 heterocycles. The molecule has 3 fully saturated rings. The fraction of sp³-hybridized carbons (Fsp3) is 1.00. The van der Waals surface area contributed by atoms with E-state index < -0.39 is 0 Å². The second-order valence-electron chi connectivity index (χ2n) is 5.94. The molecule has 3 heteroatoms. The van der Waals surface area contributed by atoms with E-state index in [1.165, 1.54) is 32.1 Å². The van der Waals surface area contributed by atoms with Gasteiger partial charge in [0.15, 0.2) is 0 Å². The maximum Gasteiger partial charge on any atom is 0.0731 e. The molecular formula is C13H24N2O. The van der Waals surface area contributed by atoms with E-state index in [1.807, 2.05) is 0 Å². The molecule has 2 N–H and O–H groups in total. The van der Waals surface area contributed by atoms with Crippen LogP contribution in [-0.4, -0.2) is 42.3 Å². The summed E-state index contributed by atoms with van der Waals surface area (Å²) >= 11 is 0. The van der Waals surface area contributed by atoms with Gasteiger partial charge in [-0.3, -0.25) is 4.90 Å². The normalized spacial score (nSPS) is 39.4. The topological polar surface area (TPSA) is 38.5 Å². The number of morpholine rings is 1. The minimum absolute atomic E-state index is 0.247. The van der Waals surface area contributed by atoms with Gasteiger partial charge in [-0.25, -0.2) is 0 Å². The van der Waals surface area contributed by atoms with Crippen LogP contribution in [0.4, 0.5) is 0 Å². The minimum Gasteiger partial charge on any atom is -0.375 e. The second-order valence-corrected chi connectivity index (χ2v) is 5.94. The summed E-state index contributed by atoms with van der Waals surface area (Å²) in [5, 5.41) is 0. The van der Waals surface area contributed by atoms with Crippen LogP contribution in [-0.2, 0) is 4.74 Å². The SMILES string of the molecule is CC(CN)(C1CC1)N1CCOC2CCCC21. The van der Waals surface area contributed by atoms with Crippen molar-refractivity contribution in [3.8, 4) is 0 Å². The second kappa shape index (κ2) is 3.97. The predicted molar refractivity (Wildman–Crippen MR) is 64.3 cm³/mol. The van der Waals surface area contributed by atoms with Crippen LogP contribution in [0.25, 0.3) is 0 Å². The molecule has 16 heavy (non-hydrogen) atoms. The molecule has 1 saturated heterocycles. The highest BCUT2D eigenvalue weighted by Gasteiger charge is 2.50. The van der Waals surface area contributed by atoms with Gasteiger partial charge in [0.25, 0.3) is 0 Å². The van der Waals surface area contributed by atoms with E-state index in [0.717, 1.165) is 25.6 Å². The van der Waals surface area contributed by atoms with Crippen molar-refractivity contribution in [2.45, 2.75) is 56.7 Å². The largest absolute Gasteiger partial charge is 0.375 e. The van der Waals surface area contributed by atoms with Crippen molar-refractivity contribution in [2.24, 2.45) is 11.7 Å². The van der Waals surface area contributed by atoms with Gasteiger partial charge in [-0.2, -0.15) is 0 Å². The Kier molecular flexibility index (Phi) is 2.73. The standard InChI is InChI=1S/C13H24N2O/c1-13(9-14,10-5-6-10)15-7-8-16-12-4-2-3-11(12)15/h10-12H,2-9,14H2,1H3. The average Bonchev–Trinajstić information content (AvgIpc) is 3.06. The molecular weight excluding hydrogens is 200 g/mol. The van der Waals surface area contributed by atoms with Crippen LogP contribution < -0.4 is 5.73 Å². The molecule has 2 saturated carbocycles. The Bertz CT molecular complexity index is 267. The summed E-state index contributed by atoms with van der Waals surface area (Å²) in [6.07, 6.45) is 7.15. The third kappa shape index (κ3) is 1.60. The lowest BCUT2D eigenvalue weighted by Crippen LogP contribution is -2.62. The Balaban J connectivity index is 1.80. The molecule has 3 atom stereocenters. The first kappa shape index (κ1) is 11.0. The van der Waals surface area contributed by atoms with Crippen molar-refractivity contribution in [1.29, 1.82) is 0 Å². The van der Waals surface area contributed by atoms with Gasteiger partial charge in [0.2, 0.25) is 0 Å². The van der Waals surface area contributed by atoms with Crippen LogP contribution in [0.1, 0.15) is 39.0 Å². The highest BCUT2D eigenvalue weighted by atomic mass is 16.5. The summed E-state index contributed by atoms with van der Waals surface area (Å²) < 4.78 is 5.89. The Morgan fingerprint density at radius 2 is 2.12 bits per heavy atom. The molecule has 0 aromatic carbocycles. The van der Waals surface area contributed by atoms with Gasteiger partial charge in [-0.15, -0.1) is 0 Å². The number of fused-ring (bicyclic) bond motifs is 1. The van der Waals surface area contributed by atoms with Crippen molar-refractivity contribution in [2.75, 3.05) is 19.7 Å². The Labute approximate surface area is 98.3 Å². The number of nitrogens with two attached hydrogens (primary N) is 1. The summed E-state index contributed by atoms with van der Waals surface area (Å²) in [5.41, 5.74) is 6.33. The first-order valence-electron chi connectivity index (χ1n) is 6.84. The average molecular weight is 224 g/mol. The van der Waals surface area contributed by atoms with E-state index in [0.29, 0.717) is 12.1 Å². The van der Waals surface area contributed by atoms with E-state index in [4.69, 9.17) is 10.5 Å². The predicted octanol–water partition coefficient (Wildman–Crippen LogP) is 1.37. The number of rotatable bonds is 3. The zero-order valence-electron chi connectivity index (χ0n) is 10.3. The van der Waals surface area contributed by atoms with E-state index >= 15 is 0 Å². The van der Waals surface area contributed by atoms with Crippen molar-refractivity contribution < 1.29 is 4.74 Å². The quantitative estimate of drug-likeness (QED) is 0.787. The lowest BCUT2D eigenvalue weighted by molar-refractivity contribution is -0.0985. The molecule has 3 nitrogen and oxygen atoms in total. The molecule has 1 aliphatic heterocycles. The smallest absolute Gasteiger partial charge is 0.0731 e. The monoisotopic (exact) mass is 224 g/mol. The third-order valence-electron chi connectivity index (χ3n) is 5.01. The first-order valence-corrected chi connectivity index (χ1v) is 6.84. The highest BCUT2D eigenvalue weighted by molar-refractivity contribution is 5.05. The molecule has 0 bridgehead atoms. The van der Waals surface area contributed by atoms with Gasteiger partial charge in [-0.1, -0.05) is 0 Å². The van der Waals surface area contributed by atoms with Crippen LogP contribution in [0.2, 0.25) is 0 Å². The molecule has 0 amide bonds. The third-order valence-corrected chi connectivity index (χ3v) is 5.01. The van der Waals surface area contributed by atoms with E-state index in [9.17, 15) is 0 Å². The van der Waals surface area contributed by atoms with Crippen LogP contribution in [0.3, 0.4) is 0 Å². The van der Waals surface area contributed by atoms with Crippen LogP contribution in [0, 0.1) is 5.92 Å². The molecule has 3 aliphatic rings. The van der Waals surface area contributed by atoms with E-state index in [2.05, 4.69) is 11.8 Å². The molecule has 0 aromatic heterocycles. The summed E-state index contributed by atoms with van der Waals surface area (Å²) in [5.74, 6) is 0.844. The number of hydrogen-bond donors (Lipinski definition) is 1. The molecule has 2 aliphatic carbocycles. The summed E-state index contributed by atoms with van der Waals surface area (Å²) in [4.78, 5) is 2.70. The Morgan fingerprint density at radius 3 is 2.81 bits per heavy atom. The van der Waals surface area contributed by atoms with Gasteiger partial charge in [0.05, 0.1) is 12.7 Å². The fourth-order valence-electron chi connectivity index (χ4n) is 3.78. The number of ether oxygens (including phenoxy) is 1. The lowest BCUT2D eigenvalue weighted by atomic mass is 9.90. The van der Waals surface area contributed by atoms with Crippen molar-refractivity contribution in [1.82, 2.24) is 4.90 Å². The molecule has 0 radical (unpaired) electrons. The maximum atomic E-state index is 6.08. The van der Waals surface area contributed by atoms with Crippen molar-refractivity contribution in [3.63, 3.8) is 0 Å². The number of nitrogens with zero attached hydrogens (tertiary/aromatic N) is 1. The minimum atomic E-state index is 0.247. The molecule has 0 spiro atoms. The number of hydrogen-bond acceptors (Lipinski definition) is 3. The van der Waals surface area contributed by atoms with Crippen molar-refractivity contribution >= 4 is 0 Å². The lowest BCUT2D eigenvalue weighted by Gasteiger charge is -2.49. The van der Waals surface area contributed by atoms with Gasteiger partial charge in [0, 0.05) is 24.7 Å². The zero-order chi connectivity index (χ0) is 11.2. The molecule has 0 aromatic rings. The molecule has 3 rings (SSSR count).